The second-order valence-corrected chi connectivity index (χ2v) is 6.55. The Morgan fingerprint density at radius 3 is 2.21 bits per heavy atom. The number of carbonyl (C=O) groups excluding carboxylic acids is 3. The first-order valence-electron chi connectivity index (χ1n) is 8.71. The van der Waals surface area contributed by atoms with Gasteiger partial charge in [-0.1, -0.05) is 18.2 Å². The number of hydrogen-bond acceptors (Lipinski definition) is 3. The lowest BCUT2D eigenvalue weighted by Crippen LogP contribution is -2.28. The van der Waals surface area contributed by atoms with Crippen LogP contribution in [0.2, 0.25) is 0 Å². The maximum absolute atomic E-state index is 13.1. The molecule has 3 amide bonds. The van der Waals surface area contributed by atoms with Crippen molar-refractivity contribution in [1.29, 1.82) is 0 Å². The number of imide groups is 1. The Kier molecular flexibility index (Phi) is 5.67. The van der Waals surface area contributed by atoms with Gasteiger partial charge in [0.05, 0.1) is 12.1 Å². The molecule has 0 aliphatic carbocycles. The molecule has 0 saturated carbocycles. The van der Waals surface area contributed by atoms with E-state index in [1.165, 1.54) is 12.1 Å². The summed E-state index contributed by atoms with van der Waals surface area (Å²) < 4.78 is 52.2. The van der Waals surface area contributed by atoms with E-state index in [1.54, 1.807) is 12.1 Å². The number of halogens is 4. The quantitative estimate of drug-likeness (QED) is 0.609. The van der Waals surface area contributed by atoms with Crippen LogP contribution in [0.5, 0.6) is 0 Å². The third kappa shape index (κ3) is 4.79. The molecule has 1 aliphatic rings. The number of amides is 3. The summed E-state index contributed by atoms with van der Waals surface area (Å²) in [6.07, 6.45) is -4.38. The summed E-state index contributed by atoms with van der Waals surface area (Å²) in [6.45, 7) is -0.323. The van der Waals surface area contributed by atoms with Crippen molar-refractivity contribution in [2.24, 2.45) is 0 Å². The summed E-state index contributed by atoms with van der Waals surface area (Å²) in [5.41, 5.74) is -0.561. The molecule has 152 valence electrons. The number of nitrogens with one attached hydrogen (secondary N) is 1. The minimum Gasteiger partial charge on any atom is -0.348 e. The van der Waals surface area contributed by atoms with E-state index in [0.717, 1.165) is 17.0 Å². The fourth-order valence-electron chi connectivity index (χ4n) is 2.99. The lowest BCUT2D eigenvalue weighted by atomic mass is 10.1. The zero-order valence-corrected chi connectivity index (χ0v) is 15.1. The van der Waals surface area contributed by atoms with E-state index in [1.807, 2.05) is 0 Å². The second kappa shape index (κ2) is 8.02. The van der Waals surface area contributed by atoms with E-state index in [2.05, 4.69) is 5.32 Å². The molecular weight excluding hydrogens is 392 g/mol. The monoisotopic (exact) mass is 408 g/mol. The average molecular weight is 408 g/mol. The molecule has 3 rings (SSSR count). The third-order valence-corrected chi connectivity index (χ3v) is 4.53. The van der Waals surface area contributed by atoms with Crippen molar-refractivity contribution < 1.29 is 31.9 Å². The second-order valence-electron chi connectivity index (χ2n) is 6.55. The van der Waals surface area contributed by atoms with E-state index >= 15 is 0 Å². The van der Waals surface area contributed by atoms with Crippen molar-refractivity contribution in [1.82, 2.24) is 10.2 Å². The molecule has 0 spiro atoms. The number of benzene rings is 2. The molecule has 0 atom stereocenters. The molecule has 1 fully saturated rings. The molecule has 2 aromatic carbocycles. The standard InChI is InChI=1S/C20H16F4N2O3/c21-15-6-5-14(16(9-15)20(22,23)24)10-25-19(29)13-3-1-12(2-4-13)11-26-17(27)7-8-18(26)28/h1-6,9H,7-8,10-11H2,(H,25,29). The summed E-state index contributed by atoms with van der Waals surface area (Å²) in [6, 6.07) is 8.28. The van der Waals surface area contributed by atoms with Crippen molar-refractivity contribution in [3.63, 3.8) is 0 Å². The smallest absolute Gasteiger partial charge is 0.348 e. The van der Waals surface area contributed by atoms with Gasteiger partial charge in [-0.3, -0.25) is 19.3 Å². The van der Waals surface area contributed by atoms with Gasteiger partial charge in [-0.05, 0) is 35.4 Å². The van der Waals surface area contributed by atoms with E-state index in [4.69, 9.17) is 0 Å². The van der Waals surface area contributed by atoms with Crippen LogP contribution in [0.1, 0.15) is 39.9 Å². The number of rotatable bonds is 5. The van der Waals surface area contributed by atoms with E-state index in [0.29, 0.717) is 11.6 Å². The SMILES string of the molecule is O=C(NCc1ccc(F)cc1C(F)(F)F)c1ccc(CN2C(=O)CCC2=O)cc1. The van der Waals surface area contributed by atoms with Crippen LogP contribution in [-0.2, 0) is 28.9 Å². The van der Waals surface area contributed by atoms with Gasteiger partial charge in [0.1, 0.15) is 5.82 Å². The fourth-order valence-corrected chi connectivity index (χ4v) is 2.99. The van der Waals surface area contributed by atoms with Crippen LogP contribution in [0.4, 0.5) is 17.6 Å². The normalized spacial score (nSPS) is 14.4. The van der Waals surface area contributed by atoms with Crippen LogP contribution < -0.4 is 5.32 Å². The Bertz CT molecular complexity index is 939. The van der Waals surface area contributed by atoms with Crippen LogP contribution in [0.25, 0.3) is 0 Å². The molecule has 0 aromatic heterocycles. The zero-order chi connectivity index (χ0) is 21.2. The predicted molar refractivity (Wildman–Crippen MR) is 93.8 cm³/mol. The molecule has 2 aromatic rings. The minimum absolute atomic E-state index is 0.101. The van der Waals surface area contributed by atoms with Crippen molar-refractivity contribution in [3.05, 3.63) is 70.5 Å². The molecule has 9 heteroatoms. The summed E-state index contributed by atoms with van der Waals surface area (Å²) >= 11 is 0. The first-order chi connectivity index (χ1) is 13.6. The van der Waals surface area contributed by atoms with Crippen LogP contribution in [0.15, 0.2) is 42.5 Å². The Balaban J connectivity index is 1.65. The van der Waals surface area contributed by atoms with Crippen LogP contribution in [0.3, 0.4) is 0 Å². The van der Waals surface area contributed by atoms with Crippen LogP contribution in [0, 0.1) is 5.82 Å². The largest absolute Gasteiger partial charge is 0.416 e. The van der Waals surface area contributed by atoms with Crippen molar-refractivity contribution in [3.8, 4) is 0 Å². The number of hydrogen-bond donors (Lipinski definition) is 1. The highest BCUT2D eigenvalue weighted by Crippen LogP contribution is 2.32. The summed E-state index contributed by atoms with van der Waals surface area (Å²) in [5, 5.41) is 2.37. The number of nitrogens with zero attached hydrogens (tertiary/aromatic N) is 1. The maximum atomic E-state index is 13.1. The summed E-state index contributed by atoms with van der Waals surface area (Å²) in [4.78, 5) is 36.6. The first kappa shape index (κ1) is 20.5. The van der Waals surface area contributed by atoms with Crippen molar-refractivity contribution >= 4 is 17.7 Å². The highest BCUT2D eigenvalue weighted by Gasteiger charge is 2.33. The van der Waals surface area contributed by atoms with Gasteiger partial charge in [-0.15, -0.1) is 0 Å². The number of likely N-dealkylation sites (tertiary alicyclic amines) is 1. The Morgan fingerprint density at radius 1 is 1.00 bits per heavy atom. The predicted octanol–water partition coefficient (Wildman–Crippen LogP) is 3.42. The molecule has 0 radical (unpaired) electrons. The summed E-state index contributed by atoms with van der Waals surface area (Å²) in [7, 11) is 0. The molecule has 1 N–H and O–H groups in total. The van der Waals surface area contributed by atoms with Gasteiger partial charge in [0.15, 0.2) is 0 Å². The minimum atomic E-state index is -4.74. The Hall–Kier alpha value is -3.23. The lowest BCUT2D eigenvalue weighted by molar-refractivity contribution is -0.139. The summed E-state index contributed by atoms with van der Waals surface area (Å²) in [5.74, 6) is -2.13. The highest BCUT2D eigenvalue weighted by atomic mass is 19.4. The highest BCUT2D eigenvalue weighted by molar-refractivity contribution is 6.01. The molecule has 1 saturated heterocycles. The van der Waals surface area contributed by atoms with Crippen molar-refractivity contribution in [2.75, 3.05) is 0 Å². The molecule has 0 bridgehead atoms. The molecular formula is C20H16F4N2O3. The van der Waals surface area contributed by atoms with Crippen LogP contribution >= 0.6 is 0 Å². The van der Waals surface area contributed by atoms with Gasteiger partial charge in [0.25, 0.3) is 5.91 Å². The molecule has 0 unspecified atom stereocenters. The molecule has 29 heavy (non-hydrogen) atoms. The van der Waals surface area contributed by atoms with Gasteiger partial charge < -0.3 is 5.32 Å². The van der Waals surface area contributed by atoms with E-state index in [-0.39, 0.29) is 42.3 Å². The van der Waals surface area contributed by atoms with Gasteiger partial charge in [-0.25, -0.2) is 4.39 Å². The van der Waals surface area contributed by atoms with Gasteiger partial charge >= 0.3 is 6.18 Å². The number of carbonyl (C=O) groups is 3. The fraction of sp³-hybridized carbons (Fsp3) is 0.250. The van der Waals surface area contributed by atoms with Gasteiger partial charge in [-0.2, -0.15) is 13.2 Å². The lowest BCUT2D eigenvalue weighted by Gasteiger charge is -2.15. The van der Waals surface area contributed by atoms with Gasteiger partial charge in [0, 0.05) is 24.9 Å². The third-order valence-electron chi connectivity index (χ3n) is 4.53. The zero-order valence-electron chi connectivity index (χ0n) is 15.1. The molecule has 1 heterocycles. The van der Waals surface area contributed by atoms with Gasteiger partial charge in [0.2, 0.25) is 11.8 Å². The van der Waals surface area contributed by atoms with E-state index < -0.39 is 30.0 Å². The van der Waals surface area contributed by atoms with E-state index in [9.17, 15) is 31.9 Å². The maximum Gasteiger partial charge on any atom is 0.416 e. The van der Waals surface area contributed by atoms with Crippen molar-refractivity contribution in [2.45, 2.75) is 32.1 Å². The molecule has 5 nitrogen and oxygen atoms in total. The molecule has 1 aliphatic heterocycles. The average Bonchev–Trinajstić information content (AvgIpc) is 2.98. The van der Waals surface area contributed by atoms with Crippen LogP contribution in [-0.4, -0.2) is 22.6 Å². The number of alkyl halides is 3. The first-order valence-corrected chi connectivity index (χ1v) is 8.71. The Labute approximate surface area is 163 Å². The Morgan fingerprint density at radius 2 is 1.62 bits per heavy atom. The topological polar surface area (TPSA) is 66.5 Å².